The number of rotatable bonds is 17. The van der Waals surface area contributed by atoms with Crippen molar-refractivity contribution in [1.29, 1.82) is 0 Å². The Labute approximate surface area is 292 Å². The number of hydrogen-bond donors (Lipinski definition) is 4. The van der Waals surface area contributed by atoms with Crippen LogP contribution in [0.5, 0.6) is 11.5 Å². The van der Waals surface area contributed by atoms with Gasteiger partial charge in [-0.3, -0.25) is 14.4 Å². The number of aliphatic hydroxyl groups excluding tert-OH is 3. The number of ketones is 1. The number of aliphatic hydroxyl groups is 3. The van der Waals surface area contributed by atoms with Crippen molar-refractivity contribution in [2.45, 2.75) is 102 Å². The molecule has 0 radical (unpaired) electrons. The Morgan fingerprint density at radius 1 is 0.959 bits per heavy atom. The van der Waals surface area contributed by atoms with E-state index in [0.717, 1.165) is 36.8 Å². The fraction of sp³-hybridized carbons (Fsp3) is 0.528. The van der Waals surface area contributed by atoms with Crippen molar-refractivity contribution in [3.8, 4) is 11.5 Å². The molecule has 2 aromatic carbocycles. The Morgan fingerprint density at radius 3 is 2.24 bits per heavy atom. The number of esters is 1. The monoisotopic (exact) mass is 705 g/mol. The van der Waals surface area contributed by atoms with E-state index in [1.807, 2.05) is 45.0 Å². The van der Waals surface area contributed by atoms with E-state index in [1.54, 1.807) is 12.2 Å². The molecular formula is C36H48ClNO11. The van der Waals surface area contributed by atoms with Crippen molar-refractivity contribution in [3.63, 3.8) is 0 Å². The average Bonchev–Trinajstić information content (AvgIpc) is 3.06. The molecule has 3 rings (SSSR count). The molecule has 1 saturated heterocycles. The maximum absolute atomic E-state index is 13.2. The van der Waals surface area contributed by atoms with E-state index >= 15 is 0 Å². The van der Waals surface area contributed by atoms with E-state index in [-0.39, 0.29) is 40.4 Å². The van der Waals surface area contributed by atoms with Gasteiger partial charge in [0.05, 0.1) is 24.3 Å². The third-order valence-corrected chi connectivity index (χ3v) is 8.01. The van der Waals surface area contributed by atoms with Crippen LogP contribution in [0.2, 0.25) is 5.02 Å². The summed E-state index contributed by atoms with van der Waals surface area (Å²) in [5, 5.41) is 32.9. The second-order valence-electron chi connectivity index (χ2n) is 12.8. The van der Waals surface area contributed by atoms with Crippen LogP contribution >= 0.6 is 11.6 Å². The highest BCUT2D eigenvalue weighted by Gasteiger charge is 2.45. The SMILES string of the molecule is COc1cc(OCc2ccc(/C=C/C(=O)CCCCCCC(=O)OC(C)(C)C)cc2)c(Cl)cc1C(=O)N[C@H]1[C@@H](OC)O[C@H](CO)[C@@H](O)[C@@H]1O. The van der Waals surface area contributed by atoms with Crippen LogP contribution in [0.15, 0.2) is 42.5 Å². The number of carbonyl (C=O) groups is 3. The average molecular weight is 706 g/mol. The fourth-order valence-electron chi connectivity index (χ4n) is 5.13. The quantitative estimate of drug-likeness (QED) is 0.105. The van der Waals surface area contributed by atoms with Gasteiger partial charge in [0.1, 0.15) is 48.1 Å². The molecule has 4 N–H and O–H groups in total. The highest BCUT2D eigenvalue weighted by molar-refractivity contribution is 6.32. The first-order valence-electron chi connectivity index (χ1n) is 16.2. The number of halogens is 1. The Bertz CT molecular complexity index is 1420. The molecule has 1 aliphatic heterocycles. The van der Waals surface area contributed by atoms with E-state index < -0.39 is 48.8 Å². The number of nitrogens with one attached hydrogen (secondary N) is 1. The van der Waals surface area contributed by atoms with Crippen molar-refractivity contribution in [2.24, 2.45) is 0 Å². The van der Waals surface area contributed by atoms with Gasteiger partial charge in [-0.1, -0.05) is 54.8 Å². The van der Waals surface area contributed by atoms with Crippen molar-refractivity contribution >= 4 is 35.3 Å². The van der Waals surface area contributed by atoms with Gasteiger partial charge in [-0.15, -0.1) is 0 Å². The summed E-state index contributed by atoms with van der Waals surface area (Å²) >= 11 is 6.46. The normalized spacial score (nSPS) is 21.0. The molecule has 0 aliphatic carbocycles. The van der Waals surface area contributed by atoms with Crippen LogP contribution in [0.4, 0.5) is 0 Å². The van der Waals surface area contributed by atoms with E-state index in [1.165, 1.54) is 26.4 Å². The van der Waals surface area contributed by atoms with Crippen LogP contribution in [-0.2, 0) is 30.4 Å². The van der Waals surface area contributed by atoms with Gasteiger partial charge in [-0.05, 0) is 56.9 Å². The first-order chi connectivity index (χ1) is 23.3. The first kappa shape index (κ1) is 39.9. The van der Waals surface area contributed by atoms with Crippen molar-refractivity contribution in [1.82, 2.24) is 5.32 Å². The molecule has 1 amide bonds. The Morgan fingerprint density at radius 2 is 1.63 bits per heavy atom. The van der Waals surface area contributed by atoms with Crippen molar-refractivity contribution in [3.05, 3.63) is 64.2 Å². The Hall–Kier alpha value is -3.52. The number of allylic oxidation sites excluding steroid dienone is 1. The summed E-state index contributed by atoms with van der Waals surface area (Å²) in [7, 11) is 2.68. The van der Waals surface area contributed by atoms with E-state index in [9.17, 15) is 29.7 Å². The zero-order valence-corrected chi connectivity index (χ0v) is 29.4. The van der Waals surface area contributed by atoms with Crippen molar-refractivity contribution < 1.29 is 53.4 Å². The molecule has 5 atom stereocenters. The fourth-order valence-corrected chi connectivity index (χ4v) is 5.35. The first-order valence-corrected chi connectivity index (χ1v) is 16.6. The predicted molar refractivity (Wildman–Crippen MR) is 182 cm³/mol. The Balaban J connectivity index is 1.49. The minimum absolute atomic E-state index is 0.0370. The van der Waals surface area contributed by atoms with Crippen LogP contribution in [0.25, 0.3) is 6.08 Å². The van der Waals surface area contributed by atoms with Crippen LogP contribution in [-0.4, -0.2) is 90.1 Å². The molecule has 0 aromatic heterocycles. The molecule has 270 valence electrons. The lowest BCUT2D eigenvalue weighted by atomic mass is 9.96. The van der Waals surface area contributed by atoms with Gasteiger partial charge < -0.3 is 44.3 Å². The van der Waals surface area contributed by atoms with Gasteiger partial charge in [0, 0.05) is 26.0 Å². The van der Waals surface area contributed by atoms with E-state index in [0.29, 0.717) is 12.8 Å². The molecule has 2 aromatic rings. The van der Waals surface area contributed by atoms with Gasteiger partial charge in [0.25, 0.3) is 5.91 Å². The molecule has 1 fully saturated rings. The molecule has 0 bridgehead atoms. The van der Waals surface area contributed by atoms with Gasteiger partial charge in [0.15, 0.2) is 12.1 Å². The number of methoxy groups -OCH3 is 2. The van der Waals surface area contributed by atoms with Crippen LogP contribution in [0.1, 0.15) is 80.8 Å². The van der Waals surface area contributed by atoms with Crippen LogP contribution < -0.4 is 14.8 Å². The number of unbranched alkanes of at least 4 members (excludes halogenated alkanes) is 3. The van der Waals surface area contributed by atoms with Gasteiger partial charge >= 0.3 is 5.97 Å². The Kier molecular flexibility index (Phi) is 15.5. The van der Waals surface area contributed by atoms with E-state index in [2.05, 4.69) is 5.32 Å². The lowest BCUT2D eigenvalue weighted by Crippen LogP contribution is -2.64. The summed E-state index contributed by atoms with van der Waals surface area (Å²) in [4.78, 5) is 37.3. The van der Waals surface area contributed by atoms with Crippen LogP contribution in [0, 0.1) is 0 Å². The number of carbonyl (C=O) groups excluding carboxylic acids is 3. The maximum atomic E-state index is 13.2. The lowest BCUT2D eigenvalue weighted by Gasteiger charge is -2.41. The highest BCUT2D eigenvalue weighted by atomic mass is 35.5. The minimum atomic E-state index is -1.48. The van der Waals surface area contributed by atoms with Crippen LogP contribution in [0.3, 0.4) is 0 Å². The maximum Gasteiger partial charge on any atom is 0.306 e. The third kappa shape index (κ3) is 12.4. The summed E-state index contributed by atoms with van der Waals surface area (Å²) in [6, 6.07) is 9.14. The standard InChI is InChI=1S/C36H48ClNO11/c1-36(2,3)49-30(41)11-9-7-6-8-10-24(40)17-16-22-12-14-23(15-13-22)21-47-28-19-27(45-4)25(18-26(28)37)34(44)38-31-33(43)32(42)29(20-39)48-35(31)46-5/h12-19,29,31-33,35,39,42-43H,6-11,20-21H2,1-5H3,(H,38,44)/b17-16+/t29-,31-,32-,33-,35+/m1/s1. The van der Waals surface area contributed by atoms with Crippen molar-refractivity contribution in [2.75, 3.05) is 20.8 Å². The summed E-state index contributed by atoms with van der Waals surface area (Å²) in [6.45, 7) is 5.16. The third-order valence-electron chi connectivity index (χ3n) is 7.72. The molecule has 1 aliphatic rings. The second-order valence-corrected chi connectivity index (χ2v) is 13.2. The molecule has 12 nitrogen and oxygen atoms in total. The number of hydrogen-bond acceptors (Lipinski definition) is 11. The number of amides is 1. The van der Waals surface area contributed by atoms with Gasteiger partial charge in [-0.2, -0.15) is 0 Å². The largest absolute Gasteiger partial charge is 0.496 e. The topological polar surface area (TPSA) is 170 Å². The summed E-state index contributed by atoms with van der Waals surface area (Å²) in [6.07, 6.45) is 2.25. The molecule has 49 heavy (non-hydrogen) atoms. The number of ether oxygens (including phenoxy) is 5. The summed E-state index contributed by atoms with van der Waals surface area (Å²) in [5.74, 6) is -0.410. The number of benzene rings is 2. The molecule has 0 unspecified atom stereocenters. The van der Waals surface area contributed by atoms with Gasteiger partial charge in [0.2, 0.25) is 0 Å². The molecular weight excluding hydrogens is 658 g/mol. The minimum Gasteiger partial charge on any atom is -0.496 e. The molecule has 0 spiro atoms. The molecule has 1 heterocycles. The smallest absolute Gasteiger partial charge is 0.306 e. The lowest BCUT2D eigenvalue weighted by molar-refractivity contribution is -0.261. The predicted octanol–water partition coefficient (Wildman–Crippen LogP) is 4.38. The molecule has 13 heteroatoms. The van der Waals surface area contributed by atoms with E-state index in [4.69, 9.17) is 35.3 Å². The highest BCUT2D eigenvalue weighted by Crippen LogP contribution is 2.34. The zero-order chi connectivity index (χ0) is 36.1. The second kappa shape index (κ2) is 19.0. The summed E-state index contributed by atoms with van der Waals surface area (Å²) < 4.78 is 27.3. The molecule has 0 saturated carbocycles. The van der Waals surface area contributed by atoms with Gasteiger partial charge in [-0.25, -0.2) is 0 Å². The summed E-state index contributed by atoms with van der Waals surface area (Å²) in [5.41, 5.74) is 1.26. The zero-order valence-electron chi connectivity index (χ0n) is 28.6.